The van der Waals surface area contributed by atoms with Gasteiger partial charge in [0, 0.05) is 12.3 Å². The van der Waals surface area contributed by atoms with Gasteiger partial charge in [-0.15, -0.1) is 0 Å². The van der Waals surface area contributed by atoms with E-state index in [2.05, 4.69) is 12.2 Å². The molecule has 0 fully saturated rings. The maximum absolute atomic E-state index is 11.1. The smallest absolute Gasteiger partial charge is 0.305 e. The van der Waals surface area contributed by atoms with Crippen molar-refractivity contribution in [3.8, 4) is 0 Å². The third-order valence-corrected chi connectivity index (χ3v) is 2.76. The van der Waals surface area contributed by atoms with Gasteiger partial charge in [-0.2, -0.15) is 0 Å². The molecule has 0 aromatic heterocycles. The Morgan fingerprint density at radius 3 is 3.07 bits per heavy atom. The number of hydrogen-bond acceptors (Lipinski definition) is 3. The lowest BCUT2D eigenvalue weighted by Crippen LogP contribution is -2.18. The Morgan fingerprint density at radius 1 is 1.60 bits per heavy atom. The van der Waals surface area contributed by atoms with Crippen LogP contribution in [0.3, 0.4) is 0 Å². The van der Waals surface area contributed by atoms with E-state index in [1.807, 2.05) is 0 Å². The fourth-order valence-corrected chi connectivity index (χ4v) is 1.91. The fraction of sp³-hybridized carbons (Fsp3) is 0.667. The van der Waals surface area contributed by atoms with E-state index in [0.717, 1.165) is 25.5 Å². The Kier molecular flexibility index (Phi) is 5.08. The maximum Gasteiger partial charge on any atom is 0.305 e. The van der Waals surface area contributed by atoms with Crippen LogP contribution in [0.25, 0.3) is 0 Å². The summed E-state index contributed by atoms with van der Waals surface area (Å²) in [6.45, 7) is 2.23. The van der Waals surface area contributed by atoms with Gasteiger partial charge in [0.1, 0.15) is 6.29 Å². The average molecular weight is 210 g/mol. The first-order chi connectivity index (χ1) is 7.27. The molecule has 3 heteroatoms. The highest BCUT2D eigenvalue weighted by Crippen LogP contribution is 2.26. The molecule has 0 heterocycles. The first-order valence-electron chi connectivity index (χ1n) is 5.55. The zero-order valence-electron chi connectivity index (χ0n) is 9.15. The zero-order chi connectivity index (χ0) is 11.1. The fourth-order valence-electron chi connectivity index (χ4n) is 1.91. The lowest BCUT2D eigenvalue weighted by Gasteiger charge is -2.22. The molecule has 0 saturated carbocycles. The number of hydrogen-bond donors (Lipinski definition) is 0. The molecule has 0 radical (unpaired) electrons. The molecular weight excluding hydrogens is 192 g/mol. The number of carbonyl (C=O) groups is 2. The van der Waals surface area contributed by atoms with Crippen LogP contribution < -0.4 is 0 Å². The molecule has 0 aromatic rings. The lowest BCUT2D eigenvalue weighted by molar-refractivity contribution is -0.143. The van der Waals surface area contributed by atoms with Crippen LogP contribution in [-0.4, -0.2) is 18.9 Å². The van der Waals surface area contributed by atoms with Crippen LogP contribution in [0.15, 0.2) is 12.2 Å². The van der Waals surface area contributed by atoms with Crippen LogP contribution in [0.1, 0.15) is 32.6 Å². The molecule has 0 unspecified atom stereocenters. The molecular formula is C12H18O3. The highest BCUT2D eigenvalue weighted by molar-refractivity contribution is 5.69. The third kappa shape index (κ3) is 3.86. The molecule has 3 nitrogen and oxygen atoms in total. The summed E-state index contributed by atoms with van der Waals surface area (Å²) in [7, 11) is 0. The molecule has 1 aliphatic rings. The third-order valence-electron chi connectivity index (χ3n) is 2.76. The van der Waals surface area contributed by atoms with Crippen molar-refractivity contribution in [1.29, 1.82) is 0 Å². The molecule has 0 aliphatic heterocycles. The minimum atomic E-state index is -0.166. The topological polar surface area (TPSA) is 43.4 Å². The molecule has 0 amide bonds. The molecule has 2 atom stereocenters. The van der Waals surface area contributed by atoms with Crippen molar-refractivity contribution in [2.75, 3.05) is 6.61 Å². The van der Waals surface area contributed by atoms with Crippen molar-refractivity contribution in [1.82, 2.24) is 0 Å². The van der Waals surface area contributed by atoms with Gasteiger partial charge in [0.05, 0.1) is 6.61 Å². The first-order valence-corrected chi connectivity index (χ1v) is 5.55. The van der Waals surface area contributed by atoms with Crippen LogP contribution in [0.4, 0.5) is 0 Å². The molecule has 15 heavy (non-hydrogen) atoms. The van der Waals surface area contributed by atoms with Gasteiger partial charge >= 0.3 is 5.97 Å². The predicted octanol–water partition coefficient (Wildman–Crippen LogP) is 2.11. The van der Waals surface area contributed by atoms with Gasteiger partial charge in [-0.05, 0) is 32.1 Å². The molecule has 1 aliphatic carbocycles. The van der Waals surface area contributed by atoms with Crippen LogP contribution in [0.5, 0.6) is 0 Å². The Labute approximate surface area is 90.5 Å². The second-order valence-electron chi connectivity index (χ2n) is 3.81. The van der Waals surface area contributed by atoms with Crippen molar-refractivity contribution in [2.45, 2.75) is 32.6 Å². The minimum absolute atomic E-state index is 0.0874. The quantitative estimate of drug-likeness (QED) is 0.396. The summed E-state index contributed by atoms with van der Waals surface area (Å²) in [5, 5.41) is 0. The van der Waals surface area contributed by atoms with E-state index >= 15 is 0 Å². The van der Waals surface area contributed by atoms with Crippen molar-refractivity contribution in [3.05, 3.63) is 12.2 Å². The summed E-state index contributed by atoms with van der Waals surface area (Å²) in [4.78, 5) is 21.9. The Bertz CT molecular complexity index is 245. The average Bonchev–Trinajstić information content (AvgIpc) is 2.27. The molecule has 0 aromatic carbocycles. The summed E-state index contributed by atoms with van der Waals surface area (Å²) >= 11 is 0. The zero-order valence-corrected chi connectivity index (χ0v) is 9.15. The number of aldehydes is 1. The minimum Gasteiger partial charge on any atom is -0.466 e. The first kappa shape index (κ1) is 12.0. The van der Waals surface area contributed by atoms with Gasteiger partial charge in [-0.1, -0.05) is 12.2 Å². The predicted molar refractivity (Wildman–Crippen MR) is 57.3 cm³/mol. The number of allylic oxidation sites excluding steroid dienone is 2. The van der Waals surface area contributed by atoms with Crippen molar-refractivity contribution in [2.24, 2.45) is 11.8 Å². The van der Waals surface area contributed by atoms with Gasteiger partial charge in [-0.25, -0.2) is 0 Å². The lowest BCUT2D eigenvalue weighted by atomic mass is 9.82. The largest absolute Gasteiger partial charge is 0.466 e. The monoisotopic (exact) mass is 210 g/mol. The van der Waals surface area contributed by atoms with Crippen LogP contribution in [-0.2, 0) is 14.3 Å². The molecule has 1 rings (SSSR count). The SMILES string of the molecule is CCOC(=O)CC[C@@H]1C=CCC[C@@H]1C=O. The van der Waals surface area contributed by atoms with Crippen LogP contribution >= 0.6 is 0 Å². The van der Waals surface area contributed by atoms with Crippen LogP contribution in [0, 0.1) is 11.8 Å². The second kappa shape index (κ2) is 6.38. The van der Waals surface area contributed by atoms with E-state index in [9.17, 15) is 9.59 Å². The molecule has 0 bridgehead atoms. The van der Waals surface area contributed by atoms with E-state index in [-0.39, 0.29) is 17.8 Å². The van der Waals surface area contributed by atoms with Crippen molar-refractivity contribution < 1.29 is 14.3 Å². The summed E-state index contributed by atoms with van der Waals surface area (Å²) in [6.07, 6.45) is 8.18. The molecule has 84 valence electrons. The Morgan fingerprint density at radius 2 is 2.40 bits per heavy atom. The summed E-state index contributed by atoms with van der Waals surface area (Å²) < 4.78 is 4.85. The van der Waals surface area contributed by atoms with Crippen molar-refractivity contribution in [3.63, 3.8) is 0 Å². The normalized spacial score (nSPS) is 24.9. The summed E-state index contributed by atoms with van der Waals surface area (Å²) in [6, 6.07) is 0. The van der Waals surface area contributed by atoms with Crippen LogP contribution in [0.2, 0.25) is 0 Å². The van der Waals surface area contributed by atoms with Gasteiger partial charge < -0.3 is 9.53 Å². The van der Waals surface area contributed by atoms with Gasteiger partial charge in [0.2, 0.25) is 0 Å². The van der Waals surface area contributed by atoms with Gasteiger partial charge in [-0.3, -0.25) is 4.79 Å². The maximum atomic E-state index is 11.1. The number of rotatable bonds is 5. The van der Waals surface area contributed by atoms with Gasteiger partial charge in [0.25, 0.3) is 0 Å². The van der Waals surface area contributed by atoms with Crippen molar-refractivity contribution >= 4 is 12.3 Å². The summed E-state index contributed by atoms with van der Waals surface area (Å²) in [5.41, 5.74) is 0. The van der Waals surface area contributed by atoms with E-state index in [1.165, 1.54) is 0 Å². The van der Waals surface area contributed by atoms with E-state index in [0.29, 0.717) is 13.0 Å². The van der Waals surface area contributed by atoms with E-state index < -0.39 is 0 Å². The Hall–Kier alpha value is -1.12. The highest BCUT2D eigenvalue weighted by atomic mass is 16.5. The molecule has 0 spiro atoms. The van der Waals surface area contributed by atoms with E-state index in [1.54, 1.807) is 6.92 Å². The highest BCUT2D eigenvalue weighted by Gasteiger charge is 2.21. The standard InChI is InChI=1S/C12H18O3/c1-2-15-12(14)8-7-10-5-3-4-6-11(10)9-13/h3,5,9-11H,2,4,6-8H2,1H3/t10-,11+/m0/s1. The van der Waals surface area contributed by atoms with E-state index in [4.69, 9.17) is 4.74 Å². The number of esters is 1. The second-order valence-corrected chi connectivity index (χ2v) is 3.81. The Balaban J connectivity index is 2.35. The molecule has 0 saturated heterocycles. The molecule has 0 N–H and O–H groups in total. The number of carbonyl (C=O) groups excluding carboxylic acids is 2. The van der Waals surface area contributed by atoms with Gasteiger partial charge in [0.15, 0.2) is 0 Å². The number of ether oxygens (including phenoxy) is 1. The summed E-state index contributed by atoms with van der Waals surface area (Å²) in [5.74, 6) is 0.145.